The Morgan fingerprint density at radius 2 is 0.694 bits per heavy atom. The zero-order valence-electron chi connectivity index (χ0n) is 36.2. The van der Waals surface area contributed by atoms with Gasteiger partial charge in [0.25, 0.3) is 0 Å². The van der Waals surface area contributed by atoms with Crippen LogP contribution in [-0.4, -0.2) is 0 Å². The lowest BCUT2D eigenvalue weighted by atomic mass is 9.70. The van der Waals surface area contributed by atoms with Gasteiger partial charge in [-0.2, -0.15) is 0 Å². The summed E-state index contributed by atoms with van der Waals surface area (Å²) in [7, 11) is 0. The van der Waals surface area contributed by atoms with E-state index in [-0.39, 0.29) is 10.8 Å². The molecule has 1 nitrogen and oxygen atoms in total. The smallest absolute Gasteiger partial charge is 0.0726 e. The molecule has 1 saturated carbocycles. The lowest BCUT2D eigenvalue weighted by Crippen LogP contribution is -2.26. The molecule has 8 aromatic rings. The van der Waals surface area contributed by atoms with Crippen LogP contribution in [0, 0.1) is 0 Å². The van der Waals surface area contributed by atoms with Crippen molar-refractivity contribution >= 4 is 17.1 Å². The van der Waals surface area contributed by atoms with Crippen molar-refractivity contribution in [3.63, 3.8) is 0 Å². The SMILES string of the molecule is CC1(C)c2ccccc2-c2ccc(N(c3ccc4c(c3)C(C)(C)c3cc(C5CCCCC5)ccc3-4)c3ccc4c(c3)C3(c5ccccc5-c5ccccc53)c3ccccc3-4)cc21. The Balaban J connectivity index is 1.03. The molecule has 300 valence electrons. The molecule has 13 rings (SSSR count). The predicted molar refractivity (Wildman–Crippen MR) is 258 cm³/mol. The highest BCUT2D eigenvalue weighted by Crippen LogP contribution is 2.64. The van der Waals surface area contributed by atoms with E-state index in [1.165, 1.54) is 144 Å². The minimum Gasteiger partial charge on any atom is -0.310 e. The van der Waals surface area contributed by atoms with Crippen molar-refractivity contribution in [3.05, 3.63) is 220 Å². The number of nitrogens with zero attached hydrogens (tertiary/aromatic N) is 1. The van der Waals surface area contributed by atoms with Crippen molar-refractivity contribution in [2.45, 2.75) is 82.0 Å². The van der Waals surface area contributed by atoms with Gasteiger partial charge < -0.3 is 4.90 Å². The Morgan fingerprint density at radius 3 is 1.19 bits per heavy atom. The predicted octanol–water partition coefficient (Wildman–Crippen LogP) is 16.2. The average molecular weight is 798 g/mol. The second-order valence-electron chi connectivity index (χ2n) is 19.8. The molecule has 1 spiro atoms. The lowest BCUT2D eigenvalue weighted by molar-refractivity contribution is 0.443. The molecule has 0 aromatic heterocycles. The Bertz CT molecular complexity index is 3120. The minimum absolute atomic E-state index is 0.119. The van der Waals surface area contributed by atoms with Crippen LogP contribution in [0.25, 0.3) is 44.5 Å². The maximum atomic E-state index is 2.58. The highest BCUT2D eigenvalue weighted by atomic mass is 15.1. The van der Waals surface area contributed by atoms with Crippen LogP contribution < -0.4 is 4.90 Å². The molecule has 0 heterocycles. The van der Waals surface area contributed by atoms with Gasteiger partial charge in [0.15, 0.2) is 0 Å². The van der Waals surface area contributed by atoms with Crippen LogP contribution in [0.15, 0.2) is 170 Å². The van der Waals surface area contributed by atoms with E-state index in [0.29, 0.717) is 5.92 Å². The topological polar surface area (TPSA) is 3.24 Å². The number of anilines is 3. The Kier molecular flexibility index (Phi) is 7.48. The summed E-state index contributed by atoms with van der Waals surface area (Å²) < 4.78 is 0. The van der Waals surface area contributed by atoms with E-state index < -0.39 is 5.41 Å². The first-order valence-electron chi connectivity index (χ1n) is 23.0. The van der Waals surface area contributed by atoms with E-state index in [9.17, 15) is 0 Å². The standard InChI is InChI=1S/C61H51N/c1-59(2)51-22-12-8-18-43(51)48-31-27-40(35-56(48)59)62(41-28-32-49-47-30-26-39(38-16-6-5-7-17-38)34-55(47)60(3,4)57(49)36-41)42-29-33-50-46-21-11-15-25-54(46)61(58(50)37-42)52-23-13-9-19-44(52)45-20-10-14-24-53(45)61/h8-15,18-38H,5-7,16-17H2,1-4H3. The molecule has 5 aliphatic carbocycles. The molecular formula is C61H51N. The minimum atomic E-state index is -0.417. The molecule has 0 bridgehead atoms. The normalized spacial score (nSPS) is 17.4. The molecule has 5 aliphatic rings. The van der Waals surface area contributed by atoms with E-state index in [1.54, 1.807) is 0 Å². The Labute approximate surface area is 366 Å². The zero-order chi connectivity index (χ0) is 41.5. The van der Waals surface area contributed by atoms with Crippen LogP contribution >= 0.6 is 0 Å². The molecule has 1 heteroatoms. The Hall–Kier alpha value is -6.44. The zero-order valence-corrected chi connectivity index (χ0v) is 36.2. The molecule has 62 heavy (non-hydrogen) atoms. The molecule has 8 aromatic carbocycles. The number of rotatable bonds is 4. The van der Waals surface area contributed by atoms with Crippen LogP contribution in [0.4, 0.5) is 17.1 Å². The summed E-state index contributed by atoms with van der Waals surface area (Å²) in [5.41, 5.74) is 26.4. The van der Waals surface area contributed by atoms with E-state index in [2.05, 4.69) is 202 Å². The van der Waals surface area contributed by atoms with Gasteiger partial charge in [-0.05, 0) is 150 Å². The molecule has 0 aliphatic heterocycles. The third-order valence-corrected chi connectivity index (χ3v) is 16.1. The van der Waals surface area contributed by atoms with Crippen molar-refractivity contribution in [2.75, 3.05) is 4.90 Å². The van der Waals surface area contributed by atoms with Crippen LogP contribution in [0.1, 0.15) is 116 Å². The van der Waals surface area contributed by atoms with E-state index in [4.69, 9.17) is 0 Å². The maximum absolute atomic E-state index is 2.58. The van der Waals surface area contributed by atoms with E-state index in [1.807, 2.05) is 0 Å². The molecule has 0 atom stereocenters. The molecule has 1 fully saturated rings. The van der Waals surface area contributed by atoms with E-state index >= 15 is 0 Å². The Morgan fingerprint density at radius 1 is 0.339 bits per heavy atom. The van der Waals surface area contributed by atoms with Crippen molar-refractivity contribution in [3.8, 4) is 44.5 Å². The largest absolute Gasteiger partial charge is 0.310 e. The fourth-order valence-electron chi connectivity index (χ4n) is 13.1. The third-order valence-electron chi connectivity index (χ3n) is 16.1. The third kappa shape index (κ3) is 4.69. The van der Waals surface area contributed by atoms with Crippen LogP contribution in [0.5, 0.6) is 0 Å². The van der Waals surface area contributed by atoms with Gasteiger partial charge in [-0.15, -0.1) is 0 Å². The van der Waals surface area contributed by atoms with Crippen molar-refractivity contribution in [2.24, 2.45) is 0 Å². The highest BCUT2D eigenvalue weighted by molar-refractivity contribution is 5.97. The first-order valence-corrected chi connectivity index (χ1v) is 23.0. The van der Waals surface area contributed by atoms with Crippen molar-refractivity contribution < 1.29 is 0 Å². The maximum Gasteiger partial charge on any atom is 0.0726 e. The highest BCUT2D eigenvalue weighted by Gasteiger charge is 2.52. The molecule has 0 amide bonds. The fourth-order valence-corrected chi connectivity index (χ4v) is 13.1. The summed E-state index contributed by atoms with van der Waals surface area (Å²) in [4.78, 5) is 2.57. The number of benzene rings is 8. The average Bonchev–Trinajstić information content (AvgIpc) is 3.94. The van der Waals surface area contributed by atoms with Gasteiger partial charge in [-0.1, -0.05) is 180 Å². The van der Waals surface area contributed by atoms with Crippen molar-refractivity contribution in [1.82, 2.24) is 0 Å². The molecule has 0 saturated heterocycles. The van der Waals surface area contributed by atoms with Crippen LogP contribution in [0.2, 0.25) is 0 Å². The van der Waals surface area contributed by atoms with Gasteiger partial charge in [0.2, 0.25) is 0 Å². The first kappa shape index (κ1) is 36.2. The van der Waals surface area contributed by atoms with Gasteiger partial charge in [0.05, 0.1) is 5.41 Å². The molecule has 0 unspecified atom stereocenters. The summed E-state index contributed by atoms with van der Waals surface area (Å²) >= 11 is 0. The molecular weight excluding hydrogens is 747 g/mol. The summed E-state index contributed by atoms with van der Waals surface area (Å²) in [6, 6.07) is 65.9. The summed E-state index contributed by atoms with van der Waals surface area (Å²) in [6.45, 7) is 9.70. The quantitative estimate of drug-likeness (QED) is 0.171. The van der Waals surface area contributed by atoms with E-state index in [0.717, 1.165) is 0 Å². The van der Waals surface area contributed by atoms with Gasteiger partial charge in [-0.25, -0.2) is 0 Å². The monoisotopic (exact) mass is 797 g/mol. The number of hydrogen-bond donors (Lipinski definition) is 0. The fraction of sp³-hybridized carbons (Fsp3) is 0.213. The first-order chi connectivity index (χ1) is 30.3. The van der Waals surface area contributed by atoms with Gasteiger partial charge >= 0.3 is 0 Å². The number of hydrogen-bond acceptors (Lipinski definition) is 1. The van der Waals surface area contributed by atoms with Crippen LogP contribution in [-0.2, 0) is 16.2 Å². The second-order valence-corrected chi connectivity index (χ2v) is 19.8. The summed E-state index contributed by atoms with van der Waals surface area (Å²) in [5.74, 6) is 0.683. The van der Waals surface area contributed by atoms with Gasteiger partial charge in [0.1, 0.15) is 0 Å². The second kappa shape index (κ2) is 12.8. The van der Waals surface area contributed by atoms with Crippen molar-refractivity contribution in [1.29, 1.82) is 0 Å². The summed E-state index contributed by atoms with van der Waals surface area (Å²) in [5, 5.41) is 0. The molecule has 0 radical (unpaired) electrons. The summed E-state index contributed by atoms with van der Waals surface area (Å²) in [6.07, 6.45) is 6.72. The lowest BCUT2D eigenvalue weighted by Gasteiger charge is -2.33. The molecule has 0 N–H and O–H groups in total. The van der Waals surface area contributed by atoms with Gasteiger partial charge in [-0.3, -0.25) is 0 Å². The number of fused-ring (bicyclic) bond motifs is 16. The van der Waals surface area contributed by atoms with Crippen LogP contribution in [0.3, 0.4) is 0 Å². The van der Waals surface area contributed by atoms with Gasteiger partial charge in [0, 0.05) is 27.9 Å².